The summed E-state index contributed by atoms with van der Waals surface area (Å²) >= 11 is 4.93. The third-order valence-corrected chi connectivity index (χ3v) is 3.05. The number of morpholine rings is 1. The Bertz CT molecular complexity index is 396. The molecule has 1 unspecified atom stereocenters. The Balaban J connectivity index is 1.94. The van der Waals surface area contributed by atoms with Gasteiger partial charge in [0.15, 0.2) is 0 Å². The monoisotopic (exact) mass is 254 g/mol. The Labute approximate surface area is 105 Å². The predicted molar refractivity (Wildman–Crippen MR) is 68.2 cm³/mol. The number of hydrogen-bond acceptors (Lipinski definition) is 3. The lowest BCUT2D eigenvalue weighted by molar-refractivity contribution is 0.00390. The molecule has 0 aromatic heterocycles. The second kappa shape index (κ2) is 5.53. The molecule has 1 aromatic rings. The lowest BCUT2D eigenvalue weighted by Gasteiger charge is -2.32. The van der Waals surface area contributed by atoms with Crippen molar-refractivity contribution in [2.75, 3.05) is 19.7 Å². The molecule has 1 aromatic carbocycles. The first-order valence-corrected chi connectivity index (χ1v) is 5.93. The van der Waals surface area contributed by atoms with Gasteiger partial charge in [0, 0.05) is 19.6 Å². The Hall–Kier alpha value is -1.04. The number of halogens is 1. The van der Waals surface area contributed by atoms with E-state index in [0.29, 0.717) is 18.1 Å². The van der Waals surface area contributed by atoms with Crippen LogP contribution >= 0.6 is 12.2 Å². The van der Waals surface area contributed by atoms with Crippen LogP contribution in [0.2, 0.25) is 0 Å². The SMILES string of the molecule is NC(=S)C1CN(Cc2ccc(F)cc2)CCO1. The Kier molecular flexibility index (Phi) is 4.04. The zero-order chi connectivity index (χ0) is 12.3. The zero-order valence-corrected chi connectivity index (χ0v) is 10.3. The summed E-state index contributed by atoms with van der Waals surface area (Å²) in [5.41, 5.74) is 6.65. The first kappa shape index (κ1) is 12.4. The van der Waals surface area contributed by atoms with Crippen LogP contribution < -0.4 is 5.73 Å². The van der Waals surface area contributed by atoms with Gasteiger partial charge in [-0.05, 0) is 17.7 Å². The molecule has 1 fully saturated rings. The van der Waals surface area contributed by atoms with Gasteiger partial charge in [-0.2, -0.15) is 0 Å². The van der Waals surface area contributed by atoms with Gasteiger partial charge in [0.05, 0.1) is 6.61 Å². The molecule has 1 saturated heterocycles. The highest BCUT2D eigenvalue weighted by Gasteiger charge is 2.22. The molecule has 0 radical (unpaired) electrons. The van der Waals surface area contributed by atoms with Crippen LogP contribution in [0.5, 0.6) is 0 Å². The van der Waals surface area contributed by atoms with Crippen LogP contribution in [0.1, 0.15) is 5.56 Å². The van der Waals surface area contributed by atoms with E-state index in [1.54, 1.807) is 12.1 Å². The maximum atomic E-state index is 12.8. The first-order chi connectivity index (χ1) is 8.15. The summed E-state index contributed by atoms with van der Waals surface area (Å²) in [5.74, 6) is -0.211. The Morgan fingerprint density at radius 3 is 2.82 bits per heavy atom. The molecule has 17 heavy (non-hydrogen) atoms. The van der Waals surface area contributed by atoms with Crippen molar-refractivity contribution in [3.63, 3.8) is 0 Å². The van der Waals surface area contributed by atoms with E-state index in [0.717, 1.165) is 18.7 Å². The van der Waals surface area contributed by atoms with Gasteiger partial charge >= 0.3 is 0 Å². The van der Waals surface area contributed by atoms with Gasteiger partial charge in [0.25, 0.3) is 0 Å². The molecule has 92 valence electrons. The van der Waals surface area contributed by atoms with E-state index in [4.69, 9.17) is 22.7 Å². The topological polar surface area (TPSA) is 38.5 Å². The summed E-state index contributed by atoms with van der Waals surface area (Å²) in [7, 11) is 0. The zero-order valence-electron chi connectivity index (χ0n) is 9.43. The van der Waals surface area contributed by atoms with E-state index in [9.17, 15) is 4.39 Å². The van der Waals surface area contributed by atoms with Crippen molar-refractivity contribution in [3.05, 3.63) is 35.6 Å². The maximum absolute atomic E-state index is 12.8. The minimum absolute atomic E-state index is 0.167. The van der Waals surface area contributed by atoms with Gasteiger partial charge in [-0.25, -0.2) is 4.39 Å². The van der Waals surface area contributed by atoms with Crippen molar-refractivity contribution in [3.8, 4) is 0 Å². The molecule has 5 heteroatoms. The third kappa shape index (κ3) is 3.46. The molecule has 2 rings (SSSR count). The number of ether oxygens (including phenoxy) is 1. The van der Waals surface area contributed by atoms with Crippen molar-refractivity contribution in [2.45, 2.75) is 12.6 Å². The lowest BCUT2D eigenvalue weighted by atomic mass is 10.2. The highest BCUT2D eigenvalue weighted by molar-refractivity contribution is 7.80. The molecule has 2 N–H and O–H groups in total. The van der Waals surface area contributed by atoms with Crippen LogP contribution in [0.3, 0.4) is 0 Å². The van der Waals surface area contributed by atoms with Crippen molar-refractivity contribution in [1.29, 1.82) is 0 Å². The summed E-state index contributed by atoms with van der Waals surface area (Å²) in [5, 5.41) is 0. The molecule has 0 aliphatic carbocycles. The molecule has 0 spiro atoms. The van der Waals surface area contributed by atoms with E-state index in [1.165, 1.54) is 12.1 Å². The molecule has 0 bridgehead atoms. The quantitative estimate of drug-likeness (QED) is 0.826. The number of hydrogen-bond donors (Lipinski definition) is 1. The number of rotatable bonds is 3. The molecule has 1 aliphatic heterocycles. The molecule has 0 amide bonds. The third-order valence-electron chi connectivity index (χ3n) is 2.79. The van der Waals surface area contributed by atoms with Crippen LogP contribution in [-0.4, -0.2) is 35.7 Å². The van der Waals surface area contributed by atoms with Crippen molar-refractivity contribution in [2.24, 2.45) is 5.73 Å². The fraction of sp³-hybridized carbons (Fsp3) is 0.417. The van der Waals surface area contributed by atoms with E-state index >= 15 is 0 Å². The predicted octanol–water partition coefficient (Wildman–Crippen LogP) is 1.31. The number of nitrogens with two attached hydrogens (primary N) is 1. The number of benzene rings is 1. The van der Waals surface area contributed by atoms with E-state index in [1.807, 2.05) is 0 Å². The molecular formula is C12H15FN2OS. The minimum atomic E-state index is -0.211. The van der Waals surface area contributed by atoms with Gasteiger partial charge in [0.1, 0.15) is 16.9 Å². The van der Waals surface area contributed by atoms with Crippen LogP contribution in [0.25, 0.3) is 0 Å². The van der Waals surface area contributed by atoms with Crippen molar-refractivity contribution < 1.29 is 9.13 Å². The van der Waals surface area contributed by atoms with Crippen LogP contribution in [0, 0.1) is 5.82 Å². The summed E-state index contributed by atoms with van der Waals surface area (Å²) < 4.78 is 18.2. The maximum Gasteiger partial charge on any atom is 0.123 e. The Morgan fingerprint density at radius 2 is 2.18 bits per heavy atom. The molecule has 1 heterocycles. The molecule has 1 aliphatic rings. The summed E-state index contributed by atoms with van der Waals surface area (Å²) in [6.45, 7) is 2.94. The van der Waals surface area contributed by atoms with Gasteiger partial charge in [-0.3, -0.25) is 4.90 Å². The largest absolute Gasteiger partial charge is 0.391 e. The minimum Gasteiger partial charge on any atom is -0.391 e. The molecule has 1 atom stereocenters. The Morgan fingerprint density at radius 1 is 1.47 bits per heavy atom. The average Bonchev–Trinajstić information content (AvgIpc) is 2.32. The second-order valence-electron chi connectivity index (χ2n) is 4.12. The fourth-order valence-corrected chi connectivity index (χ4v) is 2.01. The molecule has 0 saturated carbocycles. The van der Waals surface area contributed by atoms with Crippen LogP contribution in [-0.2, 0) is 11.3 Å². The summed E-state index contributed by atoms with van der Waals surface area (Å²) in [6.07, 6.45) is -0.167. The number of nitrogens with zero attached hydrogens (tertiary/aromatic N) is 1. The standard InChI is InChI=1S/C12H15FN2OS/c13-10-3-1-9(2-4-10)7-15-5-6-16-11(8-15)12(14)17/h1-4,11H,5-8H2,(H2,14,17). The van der Waals surface area contributed by atoms with Crippen molar-refractivity contribution >= 4 is 17.2 Å². The van der Waals surface area contributed by atoms with E-state index in [2.05, 4.69) is 4.90 Å². The first-order valence-electron chi connectivity index (χ1n) is 5.53. The lowest BCUT2D eigenvalue weighted by Crippen LogP contribution is -2.47. The van der Waals surface area contributed by atoms with E-state index in [-0.39, 0.29) is 11.9 Å². The highest BCUT2D eigenvalue weighted by Crippen LogP contribution is 2.11. The van der Waals surface area contributed by atoms with Crippen molar-refractivity contribution in [1.82, 2.24) is 4.90 Å². The number of thiocarbonyl (C=S) groups is 1. The second-order valence-corrected chi connectivity index (χ2v) is 4.59. The summed E-state index contributed by atoms with van der Waals surface area (Å²) in [6, 6.07) is 6.53. The normalized spacial score (nSPS) is 21.4. The fourth-order valence-electron chi connectivity index (χ4n) is 1.87. The van der Waals surface area contributed by atoms with Crippen LogP contribution in [0.15, 0.2) is 24.3 Å². The van der Waals surface area contributed by atoms with Gasteiger partial charge < -0.3 is 10.5 Å². The molecular weight excluding hydrogens is 239 g/mol. The van der Waals surface area contributed by atoms with E-state index < -0.39 is 0 Å². The van der Waals surface area contributed by atoms with Gasteiger partial charge in [0.2, 0.25) is 0 Å². The average molecular weight is 254 g/mol. The van der Waals surface area contributed by atoms with Gasteiger partial charge in [-0.1, -0.05) is 24.4 Å². The highest BCUT2D eigenvalue weighted by atomic mass is 32.1. The van der Waals surface area contributed by atoms with Gasteiger partial charge in [-0.15, -0.1) is 0 Å². The smallest absolute Gasteiger partial charge is 0.123 e. The van der Waals surface area contributed by atoms with Crippen LogP contribution in [0.4, 0.5) is 4.39 Å². The molecule has 3 nitrogen and oxygen atoms in total. The summed E-state index contributed by atoms with van der Waals surface area (Å²) in [4.78, 5) is 2.61.